The quantitative estimate of drug-likeness (QED) is 0.830. The molecule has 0 saturated heterocycles. The number of benzene rings is 1. The highest BCUT2D eigenvalue weighted by atomic mass is 16.4. The van der Waals surface area contributed by atoms with Crippen LogP contribution in [0, 0.1) is 0 Å². The molecule has 2 N–H and O–H groups in total. The fraction of sp³-hybridized carbons (Fsp3) is 0.312. The van der Waals surface area contributed by atoms with Gasteiger partial charge in [0.1, 0.15) is 17.6 Å². The van der Waals surface area contributed by atoms with E-state index in [2.05, 4.69) is 15.3 Å². The Morgan fingerprint density at radius 2 is 2.26 bits per heavy atom. The third-order valence-electron chi connectivity index (χ3n) is 3.83. The third-order valence-corrected chi connectivity index (χ3v) is 3.83. The minimum Gasteiger partial charge on any atom is -0.545 e. The SMILES string of the molecule is O=C([O-])c1ccccc1CCCn1cnc2c1NC=NCC2O. The van der Waals surface area contributed by atoms with Gasteiger partial charge in [0.05, 0.1) is 25.2 Å². The normalized spacial score (nSPS) is 16.5. The number of carbonyl (C=O) groups excluding carboxylic acids is 1. The van der Waals surface area contributed by atoms with Gasteiger partial charge in [-0.3, -0.25) is 4.99 Å². The summed E-state index contributed by atoms with van der Waals surface area (Å²) >= 11 is 0. The molecule has 2 heterocycles. The van der Waals surface area contributed by atoms with Crippen molar-refractivity contribution in [2.24, 2.45) is 4.99 Å². The summed E-state index contributed by atoms with van der Waals surface area (Å²) in [6.07, 6.45) is 3.87. The molecule has 1 aliphatic rings. The fourth-order valence-electron chi connectivity index (χ4n) is 2.69. The average molecular weight is 313 g/mol. The Bertz CT molecular complexity index is 739. The first-order valence-corrected chi connectivity index (χ1v) is 7.44. The summed E-state index contributed by atoms with van der Waals surface area (Å²) in [6.45, 7) is 0.938. The number of carbonyl (C=O) groups is 1. The molecule has 0 fully saturated rings. The maximum absolute atomic E-state index is 11.1. The fourth-order valence-corrected chi connectivity index (χ4v) is 2.69. The molecule has 0 spiro atoms. The lowest BCUT2D eigenvalue weighted by Gasteiger charge is -2.12. The van der Waals surface area contributed by atoms with Crippen LogP contribution in [0.5, 0.6) is 0 Å². The average Bonchev–Trinajstić information content (AvgIpc) is 2.85. The molecule has 0 amide bonds. The summed E-state index contributed by atoms with van der Waals surface area (Å²) in [5.74, 6) is -0.426. The Hall–Kier alpha value is -2.67. The number of aliphatic hydroxyl groups is 1. The molecule has 1 aliphatic heterocycles. The van der Waals surface area contributed by atoms with Gasteiger partial charge >= 0.3 is 0 Å². The van der Waals surface area contributed by atoms with Crippen LogP contribution < -0.4 is 10.4 Å². The van der Waals surface area contributed by atoms with Crippen LogP contribution in [0.4, 0.5) is 5.82 Å². The highest BCUT2D eigenvalue weighted by Gasteiger charge is 2.19. The molecule has 0 aliphatic carbocycles. The molecule has 0 radical (unpaired) electrons. The molecule has 2 aromatic rings. The van der Waals surface area contributed by atoms with E-state index >= 15 is 0 Å². The summed E-state index contributed by atoms with van der Waals surface area (Å²) < 4.78 is 1.90. The monoisotopic (exact) mass is 313 g/mol. The van der Waals surface area contributed by atoms with Crippen molar-refractivity contribution >= 4 is 18.1 Å². The van der Waals surface area contributed by atoms with E-state index in [4.69, 9.17) is 0 Å². The Morgan fingerprint density at radius 3 is 3.09 bits per heavy atom. The zero-order valence-corrected chi connectivity index (χ0v) is 12.5. The van der Waals surface area contributed by atoms with Crippen molar-refractivity contribution in [2.45, 2.75) is 25.5 Å². The first-order valence-electron chi connectivity index (χ1n) is 7.44. The van der Waals surface area contributed by atoms with Gasteiger partial charge < -0.3 is 24.9 Å². The molecule has 3 rings (SSSR count). The first-order chi connectivity index (χ1) is 11.2. The third kappa shape index (κ3) is 3.24. The minimum absolute atomic E-state index is 0.234. The van der Waals surface area contributed by atoms with Crippen LogP contribution in [0.1, 0.15) is 34.1 Å². The highest BCUT2D eigenvalue weighted by Crippen LogP contribution is 2.24. The molecule has 1 aromatic carbocycles. The number of aliphatic imine (C=N–C) groups is 1. The number of aliphatic hydroxyl groups excluding tert-OH is 1. The zero-order chi connectivity index (χ0) is 16.2. The van der Waals surface area contributed by atoms with Crippen molar-refractivity contribution in [3.63, 3.8) is 0 Å². The Labute approximate surface area is 133 Å². The van der Waals surface area contributed by atoms with E-state index in [0.717, 1.165) is 17.8 Å². The summed E-state index contributed by atoms with van der Waals surface area (Å²) in [6, 6.07) is 6.87. The van der Waals surface area contributed by atoms with Crippen LogP contribution in [-0.4, -0.2) is 33.5 Å². The standard InChI is InChI=1S/C16H18N4O3/c21-13-8-17-9-18-15-14(13)19-10-20(15)7-3-5-11-4-1-2-6-12(11)16(22)23/h1-2,4,6,9-10,13,21H,3,5,7-8H2,(H,17,18)(H,22,23)/p-1. The van der Waals surface area contributed by atoms with E-state index in [0.29, 0.717) is 18.7 Å². The number of aromatic carboxylic acids is 1. The van der Waals surface area contributed by atoms with Gasteiger partial charge in [-0.1, -0.05) is 24.3 Å². The van der Waals surface area contributed by atoms with Crippen LogP contribution in [0.25, 0.3) is 0 Å². The summed E-state index contributed by atoms with van der Waals surface area (Å²) in [7, 11) is 0. The molecule has 0 bridgehead atoms. The van der Waals surface area contributed by atoms with Crippen molar-refractivity contribution < 1.29 is 15.0 Å². The number of aryl methyl sites for hydroxylation is 2. The lowest BCUT2D eigenvalue weighted by molar-refractivity contribution is -0.255. The second-order valence-electron chi connectivity index (χ2n) is 5.37. The van der Waals surface area contributed by atoms with Gasteiger partial charge in [0.25, 0.3) is 0 Å². The largest absolute Gasteiger partial charge is 0.545 e. The van der Waals surface area contributed by atoms with Crippen molar-refractivity contribution in [1.29, 1.82) is 0 Å². The number of hydrogen-bond donors (Lipinski definition) is 2. The van der Waals surface area contributed by atoms with Crippen molar-refractivity contribution in [2.75, 3.05) is 11.9 Å². The number of hydrogen-bond acceptors (Lipinski definition) is 6. The van der Waals surface area contributed by atoms with Gasteiger partial charge in [-0.25, -0.2) is 4.98 Å². The van der Waals surface area contributed by atoms with Crippen LogP contribution in [0.2, 0.25) is 0 Å². The molecule has 0 saturated carbocycles. The number of fused-ring (bicyclic) bond motifs is 1. The van der Waals surface area contributed by atoms with E-state index < -0.39 is 12.1 Å². The van der Waals surface area contributed by atoms with Gasteiger partial charge in [-0.2, -0.15) is 0 Å². The smallest absolute Gasteiger partial charge is 0.137 e. The number of aromatic nitrogens is 2. The molecule has 7 nitrogen and oxygen atoms in total. The summed E-state index contributed by atoms with van der Waals surface area (Å²) in [5, 5.41) is 24.1. The van der Waals surface area contributed by atoms with Gasteiger partial charge in [-0.05, 0) is 18.4 Å². The van der Waals surface area contributed by atoms with Crippen molar-refractivity contribution in [3.05, 3.63) is 47.4 Å². The minimum atomic E-state index is -1.15. The number of carboxylic acid groups (broad SMARTS) is 1. The molecular formula is C16H17N4O3-. The highest BCUT2D eigenvalue weighted by molar-refractivity contribution is 5.87. The Morgan fingerprint density at radius 1 is 1.43 bits per heavy atom. The van der Waals surface area contributed by atoms with E-state index in [9.17, 15) is 15.0 Å². The van der Waals surface area contributed by atoms with Crippen molar-refractivity contribution in [1.82, 2.24) is 9.55 Å². The van der Waals surface area contributed by atoms with Gasteiger partial charge in [0.2, 0.25) is 0 Å². The lowest BCUT2D eigenvalue weighted by Crippen LogP contribution is -2.23. The number of nitrogens with zero attached hydrogens (tertiary/aromatic N) is 3. The predicted octanol–water partition coefficient (Wildman–Crippen LogP) is 0.367. The van der Waals surface area contributed by atoms with E-state index in [-0.39, 0.29) is 12.1 Å². The number of rotatable bonds is 5. The lowest BCUT2D eigenvalue weighted by atomic mass is 10.0. The Balaban J connectivity index is 1.69. The second kappa shape index (κ2) is 6.62. The number of anilines is 1. The van der Waals surface area contributed by atoms with Crippen LogP contribution in [0.3, 0.4) is 0 Å². The maximum Gasteiger partial charge on any atom is 0.137 e. The molecule has 7 heteroatoms. The number of nitrogens with one attached hydrogen (secondary N) is 1. The molecule has 1 aromatic heterocycles. The second-order valence-corrected chi connectivity index (χ2v) is 5.37. The molecule has 1 unspecified atom stereocenters. The van der Waals surface area contributed by atoms with Gasteiger partial charge in [0, 0.05) is 12.1 Å². The molecular weight excluding hydrogens is 296 g/mol. The number of imidazole rings is 1. The number of carboxylic acids is 1. The molecule has 1 atom stereocenters. The van der Waals surface area contributed by atoms with Crippen LogP contribution in [0.15, 0.2) is 35.6 Å². The zero-order valence-electron chi connectivity index (χ0n) is 12.5. The topological polar surface area (TPSA) is 103 Å². The molecule has 120 valence electrons. The Kier molecular flexibility index (Phi) is 4.38. The van der Waals surface area contributed by atoms with Crippen LogP contribution in [-0.2, 0) is 13.0 Å². The summed E-state index contributed by atoms with van der Waals surface area (Å²) in [5.41, 5.74) is 1.57. The van der Waals surface area contributed by atoms with Crippen LogP contribution >= 0.6 is 0 Å². The van der Waals surface area contributed by atoms with Gasteiger partial charge in [0.15, 0.2) is 0 Å². The summed E-state index contributed by atoms with van der Waals surface area (Å²) in [4.78, 5) is 19.4. The molecule has 23 heavy (non-hydrogen) atoms. The van der Waals surface area contributed by atoms with E-state index in [1.54, 1.807) is 30.9 Å². The van der Waals surface area contributed by atoms with E-state index in [1.807, 2.05) is 10.6 Å². The predicted molar refractivity (Wildman–Crippen MR) is 83.3 cm³/mol. The van der Waals surface area contributed by atoms with Gasteiger partial charge in [-0.15, -0.1) is 0 Å². The van der Waals surface area contributed by atoms with Crippen molar-refractivity contribution in [3.8, 4) is 0 Å². The first kappa shape index (κ1) is 15.2. The maximum atomic E-state index is 11.1. The van der Waals surface area contributed by atoms with E-state index in [1.165, 1.54) is 0 Å².